The molecule has 1 saturated carbocycles. The van der Waals surface area contributed by atoms with E-state index in [4.69, 9.17) is 4.74 Å². The molecular formula is C11H11F3O2. The van der Waals surface area contributed by atoms with Crippen LogP contribution < -0.4 is 0 Å². The molecule has 1 N–H and O–H groups in total. The van der Waals surface area contributed by atoms with Crippen LogP contribution in [-0.2, 0) is 10.3 Å². The van der Waals surface area contributed by atoms with Crippen LogP contribution in [0.2, 0.25) is 0 Å². The van der Waals surface area contributed by atoms with E-state index < -0.39 is 23.1 Å². The Morgan fingerprint density at radius 1 is 1.25 bits per heavy atom. The summed E-state index contributed by atoms with van der Waals surface area (Å²) >= 11 is 0. The average Bonchev–Trinajstić information content (AvgIpc) is 2.21. The predicted octanol–water partition coefficient (Wildman–Crippen LogP) is 2.10. The maximum atomic E-state index is 13.4. The number of hydrogen-bond acceptors (Lipinski definition) is 2. The van der Waals surface area contributed by atoms with Crippen LogP contribution in [0, 0.1) is 17.5 Å². The number of ether oxygens (including phenoxy) is 1. The van der Waals surface area contributed by atoms with Crippen LogP contribution in [-0.4, -0.2) is 18.3 Å². The molecule has 16 heavy (non-hydrogen) atoms. The van der Waals surface area contributed by atoms with E-state index in [2.05, 4.69) is 0 Å². The first-order valence-corrected chi connectivity index (χ1v) is 4.87. The van der Waals surface area contributed by atoms with Gasteiger partial charge in [0.15, 0.2) is 17.5 Å². The lowest BCUT2D eigenvalue weighted by atomic mass is 9.72. The lowest BCUT2D eigenvalue weighted by molar-refractivity contribution is -0.134. The van der Waals surface area contributed by atoms with Gasteiger partial charge in [-0.15, -0.1) is 0 Å². The molecule has 0 aliphatic heterocycles. The summed E-state index contributed by atoms with van der Waals surface area (Å²) < 4.78 is 44.0. The second-order valence-corrected chi connectivity index (χ2v) is 4.02. The topological polar surface area (TPSA) is 29.5 Å². The molecule has 0 aromatic heterocycles. The largest absolute Gasteiger partial charge is 0.385 e. The van der Waals surface area contributed by atoms with Gasteiger partial charge in [-0.25, -0.2) is 13.2 Å². The molecule has 1 fully saturated rings. The van der Waals surface area contributed by atoms with Gasteiger partial charge < -0.3 is 9.84 Å². The molecule has 88 valence electrons. The Kier molecular flexibility index (Phi) is 2.67. The fraction of sp³-hybridized carbons (Fsp3) is 0.455. The minimum absolute atomic E-state index is 0.169. The van der Waals surface area contributed by atoms with Crippen molar-refractivity contribution in [2.45, 2.75) is 24.5 Å². The summed E-state index contributed by atoms with van der Waals surface area (Å²) in [6.45, 7) is 0. The highest BCUT2D eigenvalue weighted by Gasteiger charge is 2.46. The minimum atomic E-state index is -1.55. The Labute approximate surface area is 90.7 Å². The van der Waals surface area contributed by atoms with Crippen molar-refractivity contribution in [2.75, 3.05) is 7.11 Å². The monoisotopic (exact) mass is 232 g/mol. The Bertz CT molecular complexity index is 414. The molecule has 1 aromatic carbocycles. The summed E-state index contributed by atoms with van der Waals surface area (Å²) in [7, 11) is 1.48. The number of benzene rings is 1. The molecule has 1 aliphatic rings. The Hall–Kier alpha value is -1.07. The first kappa shape index (κ1) is 11.4. The van der Waals surface area contributed by atoms with E-state index in [1.165, 1.54) is 7.11 Å². The summed E-state index contributed by atoms with van der Waals surface area (Å²) in [5, 5.41) is 9.97. The Morgan fingerprint density at radius 3 is 2.44 bits per heavy atom. The smallest absolute Gasteiger partial charge is 0.194 e. The zero-order valence-corrected chi connectivity index (χ0v) is 8.64. The van der Waals surface area contributed by atoms with E-state index in [0.717, 1.165) is 12.1 Å². The maximum absolute atomic E-state index is 13.4. The van der Waals surface area contributed by atoms with Crippen molar-refractivity contribution in [3.05, 3.63) is 35.1 Å². The summed E-state index contributed by atoms with van der Waals surface area (Å²) in [6.07, 6.45) is 0.203. The van der Waals surface area contributed by atoms with Gasteiger partial charge in [0.05, 0.1) is 11.7 Å². The quantitative estimate of drug-likeness (QED) is 0.791. The fourth-order valence-corrected chi connectivity index (χ4v) is 1.97. The van der Waals surface area contributed by atoms with Crippen molar-refractivity contribution in [1.29, 1.82) is 0 Å². The highest BCUT2D eigenvalue weighted by atomic mass is 19.2. The van der Waals surface area contributed by atoms with Crippen LogP contribution >= 0.6 is 0 Å². The van der Waals surface area contributed by atoms with Crippen LogP contribution in [0.15, 0.2) is 12.1 Å². The molecule has 0 radical (unpaired) electrons. The molecule has 2 rings (SSSR count). The Balaban J connectivity index is 2.32. The van der Waals surface area contributed by atoms with Crippen molar-refractivity contribution in [1.82, 2.24) is 0 Å². The molecule has 1 aromatic rings. The van der Waals surface area contributed by atoms with E-state index in [1.807, 2.05) is 0 Å². The van der Waals surface area contributed by atoms with Gasteiger partial charge in [-0.2, -0.15) is 0 Å². The van der Waals surface area contributed by atoms with Crippen LogP contribution in [0.25, 0.3) is 0 Å². The maximum Gasteiger partial charge on any atom is 0.194 e. The Morgan fingerprint density at radius 2 is 1.88 bits per heavy atom. The van der Waals surface area contributed by atoms with Crippen molar-refractivity contribution < 1.29 is 23.0 Å². The number of rotatable bonds is 2. The van der Waals surface area contributed by atoms with Crippen LogP contribution in [0.3, 0.4) is 0 Å². The molecule has 0 spiro atoms. The highest BCUT2D eigenvalue weighted by molar-refractivity contribution is 5.29. The predicted molar refractivity (Wildman–Crippen MR) is 50.2 cm³/mol. The zero-order valence-electron chi connectivity index (χ0n) is 8.64. The summed E-state index contributed by atoms with van der Waals surface area (Å²) in [4.78, 5) is 0. The molecule has 0 amide bonds. The SMILES string of the molecule is COC1CC(O)(c2ccc(F)c(F)c2F)C1. The lowest BCUT2D eigenvalue weighted by Gasteiger charge is -2.43. The lowest BCUT2D eigenvalue weighted by Crippen LogP contribution is -2.46. The average molecular weight is 232 g/mol. The third kappa shape index (κ3) is 1.60. The van der Waals surface area contributed by atoms with Crippen molar-refractivity contribution in [2.24, 2.45) is 0 Å². The van der Waals surface area contributed by atoms with Gasteiger partial charge in [-0.05, 0) is 6.07 Å². The molecule has 0 heterocycles. The van der Waals surface area contributed by atoms with E-state index in [-0.39, 0.29) is 24.5 Å². The van der Waals surface area contributed by atoms with Crippen molar-refractivity contribution >= 4 is 0 Å². The third-order valence-corrected chi connectivity index (χ3v) is 3.00. The first-order valence-electron chi connectivity index (χ1n) is 4.87. The normalized spacial score (nSPS) is 28.9. The van der Waals surface area contributed by atoms with Crippen LogP contribution in [0.1, 0.15) is 18.4 Å². The summed E-state index contributed by atoms with van der Waals surface area (Å²) in [5.74, 6) is -4.13. The second-order valence-electron chi connectivity index (χ2n) is 4.02. The molecule has 0 saturated heterocycles. The van der Waals surface area contributed by atoms with E-state index >= 15 is 0 Å². The third-order valence-electron chi connectivity index (χ3n) is 3.00. The second kappa shape index (κ2) is 3.75. The molecule has 1 aliphatic carbocycles. The van der Waals surface area contributed by atoms with Gasteiger partial charge in [-0.3, -0.25) is 0 Å². The minimum Gasteiger partial charge on any atom is -0.385 e. The molecule has 2 nitrogen and oxygen atoms in total. The van der Waals surface area contributed by atoms with Crippen LogP contribution in [0.5, 0.6) is 0 Å². The standard InChI is InChI=1S/C11H11F3O2/c1-16-6-4-11(15,5-6)7-2-3-8(12)10(14)9(7)13/h2-3,6,15H,4-5H2,1H3. The van der Waals surface area contributed by atoms with Gasteiger partial charge in [0.2, 0.25) is 0 Å². The summed E-state index contributed by atoms with van der Waals surface area (Å²) in [6, 6.07) is 1.88. The fourth-order valence-electron chi connectivity index (χ4n) is 1.97. The van der Waals surface area contributed by atoms with Gasteiger partial charge in [0.1, 0.15) is 0 Å². The molecule has 5 heteroatoms. The zero-order chi connectivity index (χ0) is 11.9. The van der Waals surface area contributed by atoms with E-state index in [0.29, 0.717) is 0 Å². The molecular weight excluding hydrogens is 221 g/mol. The van der Waals surface area contributed by atoms with Crippen molar-refractivity contribution in [3.63, 3.8) is 0 Å². The molecule has 0 atom stereocenters. The summed E-state index contributed by atoms with van der Waals surface area (Å²) in [5.41, 5.74) is -1.65. The van der Waals surface area contributed by atoms with Crippen LogP contribution in [0.4, 0.5) is 13.2 Å². The van der Waals surface area contributed by atoms with Gasteiger partial charge in [0, 0.05) is 25.5 Å². The number of aliphatic hydroxyl groups is 1. The van der Waals surface area contributed by atoms with E-state index in [1.54, 1.807) is 0 Å². The number of hydrogen-bond donors (Lipinski definition) is 1. The van der Waals surface area contributed by atoms with Crippen molar-refractivity contribution in [3.8, 4) is 0 Å². The first-order chi connectivity index (χ1) is 7.48. The number of halogens is 3. The highest BCUT2D eigenvalue weighted by Crippen LogP contribution is 2.44. The molecule has 0 bridgehead atoms. The van der Waals surface area contributed by atoms with E-state index in [9.17, 15) is 18.3 Å². The number of methoxy groups -OCH3 is 1. The van der Waals surface area contributed by atoms with Gasteiger partial charge in [0.25, 0.3) is 0 Å². The molecule has 0 unspecified atom stereocenters. The van der Waals surface area contributed by atoms with Gasteiger partial charge in [-0.1, -0.05) is 6.07 Å². The van der Waals surface area contributed by atoms with Gasteiger partial charge >= 0.3 is 0 Å².